The molecule has 0 saturated heterocycles. The Balaban J connectivity index is 1.22. The molecule has 2 aromatic carbocycles. The number of rotatable bonds is 6. The van der Waals surface area contributed by atoms with Crippen LogP contribution in [0.5, 0.6) is 5.75 Å². The third-order valence-corrected chi connectivity index (χ3v) is 7.11. The fourth-order valence-corrected chi connectivity index (χ4v) is 5.38. The number of anilines is 2. The van der Waals surface area contributed by atoms with E-state index in [0.29, 0.717) is 10.9 Å². The van der Waals surface area contributed by atoms with Crippen molar-refractivity contribution in [1.82, 2.24) is 4.98 Å². The summed E-state index contributed by atoms with van der Waals surface area (Å²) in [4.78, 5) is 31.8. The van der Waals surface area contributed by atoms with Crippen molar-refractivity contribution in [2.45, 2.75) is 38.5 Å². The Morgan fingerprint density at radius 3 is 2.73 bits per heavy atom. The van der Waals surface area contributed by atoms with E-state index in [1.54, 1.807) is 0 Å². The Kier molecular flexibility index (Phi) is 6.39. The molecule has 33 heavy (non-hydrogen) atoms. The third kappa shape index (κ3) is 4.93. The Morgan fingerprint density at radius 1 is 1.09 bits per heavy atom. The number of hydrogen-bond donors (Lipinski definition) is 1. The number of carbonyl (C=O) groups is 2. The molecule has 1 saturated carbocycles. The highest BCUT2D eigenvalue weighted by molar-refractivity contribution is 7.14. The lowest BCUT2D eigenvalue weighted by Gasteiger charge is -2.26. The van der Waals surface area contributed by atoms with E-state index in [1.807, 2.05) is 52.7 Å². The highest BCUT2D eigenvalue weighted by Crippen LogP contribution is 2.36. The number of aromatic nitrogens is 1. The van der Waals surface area contributed by atoms with Crippen molar-refractivity contribution in [1.29, 1.82) is 0 Å². The van der Waals surface area contributed by atoms with Gasteiger partial charge in [0.05, 0.1) is 5.69 Å². The van der Waals surface area contributed by atoms with Crippen LogP contribution in [0.1, 0.15) is 37.7 Å². The van der Waals surface area contributed by atoms with Crippen LogP contribution in [-0.4, -0.2) is 29.9 Å². The fraction of sp³-hybridized carbons (Fsp3) is 0.346. The summed E-state index contributed by atoms with van der Waals surface area (Å²) in [5.74, 6) is 0.879. The van der Waals surface area contributed by atoms with E-state index in [0.717, 1.165) is 55.6 Å². The van der Waals surface area contributed by atoms with Gasteiger partial charge in [-0.2, -0.15) is 0 Å². The van der Waals surface area contributed by atoms with Crippen LogP contribution in [0.2, 0.25) is 0 Å². The summed E-state index contributed by atoms with van der Waals surface area (Å²) in [5, 5.41) is 5.29. The fourth-order valence-electron chi connectivity index (χ4n) is 4.64. The second kappa shape index (κ2) is 9.75. The Hall–Kier alpha value is -3.19. The third-order valence-electron chi connectivity index (χ3n) is 6.35. The molecule has 0 atom stereocenters. The highest BCUT2D eigenvalue weighted by atomic mass is 32.1. The first-order valence-corrected chi connectivity index (χ1v) is 12.4. The number of fused-ring (bicyclic) bond motifs is 1. The van der Waals surface area contributed by atoms with Gasteiger partial charge in [0.25, 0.3) is 5.91 Å². The van der Waals surface area contributed by atoms with Gasteiger partial charge in [0.1, 0.15) is 5.75 Å². The minimum absolute atomic E-state index is 0.0668. The van der Waals surface area contributed by atoms with E-state index in [-0.39, 0.29) is 24.3 Å². The highest BCUT2D eigenvalue weighted by Gasteiger charge is 2.31. The van der Waals surface area contributed by atoms with Crippen molar-refractivity contribution in [3.05, 3.63) is 59.5 Å². The minimum atomic E-state index is -0.245. The van der Waals surface area contributed by atoms with Gasteiger partial charge in [-0.15, -0.1) is 11.3 Å². The first-order chi connectivity index (χ1) is 16.2. The molecule has 7 heteroatoms. The summed E-state index contributed by atoms with van der Waals surface area (Å²) in [7, 11) is 0. The number of nitrogens with zero attached hydrogens (tertiary/aromatic N) is 2. The van der Waals surface area contributed by atoms with Gasteiger partial charge in [-0.1, -0.05) is 43.5 Å². The summed E-state index contributed by atoms with van der Waals surface area (Å²) in [6.07, 6.45) is 6.49. The zero-order chi connectivity index (χ0) is 22.6. The van der Waals surface area contributed by atoms with Gasteiger partial charge in [0.2, 0.25) is 5.91 Å². The van der Waals surface area contributed by atoms with E-state index >= 15 is 0 Å². The Bertz CT molecular complexity index is 1140. The molecule has 0 bridgehead atoms. The first kappa shape index (κ1) is 21.6. The first-order valence-electron chi connectivity index (χ1n) is 11.6. The van der Waals surface area contributed by atoms with Gasteiger partial charge in [-0.3, -0.25) is 14.9 Å². The summed E-state index contributed by atoms with van der Waals surface area (Å²) >= 11 is 1.39. The number of carbonyl (C=O) groups excluding carboxylic acids is 2. The molecule has 0 spiro atoms. The second-order valence-corrected chi connectivity index (χ2v) is 9.46. The number of benzene rings is 2. The maximum Gasteiger partial charge on any atom is 0.264 e. The molecular formula is C26H27N3O3S. The molecule has 2 aliphatic rings. The number of ether oxygens (including phenoxy) is 1. The molecule has 3 aromatic rings. The van der Waals surface area contributed by atoms with Gasteiger partial charge >= 0.3 is 0 Å². The van der Waals surface area contributed by atoms with Crippen LogP contribution in [0.25, 0.3) is 11.3 Å². The van der Waals surface area contributed by atoms with Crippen LogP contribution in [0, 0.1) is 5.92 Å². The number of thiazole rings is 1. The molecule has 1 N–H and O–H groups in total. The number of hydrogen-bond acceptors (Lipinski definition) is 5. The van der Waals surface area contributed by atoms with Gasteiger partial charge < -0.3 is 9.64 Å². The van der Waals surface area contributed by atoms with Crippen LogP contribution in [0.4, 0.5) is 10.8 Å². The van der Waals surface area contributed by atoms with E-state index in [2.05, 4.69) is 16.4 Å². The molecule has 2 heterocycles. The lowest BCUT2D eigenvalue weighted by Crippen LogP contribution is -2.35. The van der Waals surface area contributed by atoms with E-state index in [9.17, 15) is 9.59 Å². The van der Waals surface area contributed by atoms with Gasteiger partial charge in [-0.25, -0.2) is 4.98 Å². The number of amides is 2. The maximum absolute atomic E-state index is 13.0. The predicted molar refractivity (Wildman–Crippen MR) is 131 cm³/mol. The van der Waals surface area contributed by atoms with E-state index in [4.69, 9.17) is 4.74 Å². The van der Waals surface area contributed by atoms with Crippen LogP contribution in [0.15, 0.2) is 53.9 Å². The lowest BCUT2D eigenvalue weighted by atomic mass is 9.88. The molecule has 6 nitrogen and oxygen atoms in total. The van der Waals surface area contributed by atoms with Gasteiger partial charge in [0.15, 0.2) is 11.7 Å². The van der Waals surface area contributed by atoms with Crippen LogP contribution >= 0.6 is 11.3 Å². The number of para-hydroxylation sites is 1. The molecule has 2 amide bonds. The van der Waals surface area contributed by atoms with Crippen LogP contribution in [-0.2, 0) is 16.0 Å². The maximum atomic E-state index is 13.0. The monoisotopic (exact) mass is 461 g/mol. The second-order valence-electron chi connectivity index (χ2n) is 8.61. The molecule has 170 valence electrons. The summed E-state index contributed by atoms with van der Waals surface area (Å²) in [5.41, 5.74) is 4.04. The SMILES string of the molecule is O=C(COc1ccccc1)Nc1nc(-c2ccc3c(c2)CCN3C(=O)C2CCCCC2)cs1. The van der Waals surface area contributed by atoms with E-state index in [1.165, 1.54) is 23.3 Å². The largest absolute Gasteiger partial charge is 0.484 e. The predicted octanol–water partition coefficient (Wildman–Crippen LogP) is 5.30. The zero-order valence-electron chi connectivity index (χ0n) is 18.5. The summed E-state index contributed by atoms with van der Waals surface area (Å²) in [6.45, 7) is 0.691. The Labute approximate surface area is 197 Å². The van der Waals surface area contributed by atoms with Crippen molar-refractivity contribution < 1.29 is 14.3 Å². The normalized spacial score (nSPS) is 15.8. The quantitative estimate of drug-likeness (QED) is 0.541. The van der Waals surface area contributed by atoms with E-state index < -0.39 is 0 Å². The minimum Gasteiger partial charge on any atom is -0.484 e. The molecule has 5 rings (SSSR count). The van der Waals surface area contributed by atoms with Crippen LogP contribution < -0.4 is 15.0 Å². The van der Waals surface area contributed by atoms with Crippen molar-refractivity contribution >= 4 is 34.0 Å². The Morgan fingerprint density at radius 2 is 1.91 bits per heavy atom. The topological polar surface area (TPSA) is 71.5 Å². The van der Waals surface area contributed by atoms with Gasteiger partial charge in [-0.05, 0) is 49.1 Å². The summed E-state index contributed by atoms with van der Waals surface area (Å²) in [6, 6.07) is 15.4. The standard InChI is InChI=1S/C26H27N3O3S/c30-24(16-32-21-9-5-2-6-10-21)28-26-27-22(17-33-26)19-11-12-23-20(15-19)13-14-29(23)25(31)18-7-3-1-4-8-18/h2,5-6,9-12,15,17-18H,1,3-4,7-8,13-14,16H2,(H,27,28,30). The molecule has 0 radical (unpaired) electrons. The molecule has 1 aliphatic heterocycles. The average molecular weight is 462 g/mol. The molecular weight excluding hydrogens is 434 g/mol. The van der Waals surface area contributed by atoms with Crippen molar-refractivity contribution in [2.75, 3.05) is 23.4 Å². The van der Waals surface area contributed by atoms with Crippen LogP contribution in [0.3, 0.4) is 0 Å². The zero-order valence-corrected chi connectivity index (χ0v) is 19.3. The van der Waals surface area contributed by atoms with Crippen molar-refractivity contribution in [2.24, 2.45) is 5.92 Å². The number of nitrogens with one attached hydrogen (secondary N) is 1. The molecule has 1 aliphatic carbocycles. The molecule has 1 aromatic heterocycles. The average Bonchev–Trinajstić information content (AvgIpc) is 3.50. The summed E-state index contributed by atoms with van der Waals surface area (Å²) < 4.78 is 5.49. The smallest absolute Gasteiger partial charge is 0.264 e. The lowest BCUT2D eigenvalue weighted by molar-refractivity contribution is -0.123. The molecule has 1 fully saturated rings. The van der Waals surface area contributed by atoms with Crippen molar-refractivity contribution in [3.8, 4) is 17.0 Å². The van der Waals surface area contributed by atoms with Gasteiger partial charge in [0, 0.05) is 29.1 Å². The van der Waals surface area contributed by atoms with Crippen molar-refractivity contribution in [3.63, 3.8) is 0 Å². The molecule has 0 unspecified atom stereocenters.